The number of hydrogen-bond acceptors (Lipinski definition) is 4. The van der Waals surface area contributed by atoms with Crippen LogP contribution in [-0.4, -0.2) is 54.5 Å². The van der Waals surface area contributed by atoms with E-state index in [0.29, 0.717) is 6.61 Å². The number of piperazine rings is 3. The first-order valence-electron chi connectivity index (χ1n) is 6.50. The van der Waals surface area contributed by atoms with E-state index in [4.69, 9.17) is 4.74 Å². The van der Waals surface area contributed by atoms with Gasteiger partial charge in [-0.2, -0.15) is 0 Å². The maximum absolute atomic E-state index is 12.1. The van der Waals surface area contributed by atoms with Crippen molar-refractivity contribution in [2.24, 2.45) is 0 Å². The van der Waals surface area contributed by atoms with E-state index in [1.807, 2.05) is 30.3 Å². The summed E-state index contributed by atoms with van der Waals surface area (Å²) in [7, 11) is 0. The van der Waals surface area contributed by atoms with Gasteiger partial charge in [-0.25, -0.2) is 0 Å². The summed E-state index contributed by atoms with van der Waals surface area (Å²) in [5, 5.41) is 0. The van der Waals surface area contributed by atoms with Crippen molar-refractivity contribution in [1.82, 2.24) is 9.80 Å². The van der Waals surface area contributed by atoms with Crippen LogP contribution in [0.4, 0.5) is 0 Å². The van der Waals surface area contributed by atoms with Crippen molar-refractivity contribution in [3.63, 3.8) is 0 Å². The monoisotopic (exact) mass is 246 g/mol. The van der Waals surface area contributed by atoms with Gasteiger partial charge in [0.25, 0.3) is 0 Å². The fourth-order valence-corrected chi connectivity index (χ4v) is 2.67. The van der Waals surface area contributed by atoms with E-state index in [2.05, 4.69) is 9.80 Å². The predicted molar refractivity (Wildman–Crippen MR) is 68.0 cm³/mol. The summed E-state index contributed by atoms with van der Waals surface area (Å²) in [5.74, 6) is -0.0803. The lowest BCUT2D eigenvalue weighted by Crippen LogP contribution is -2.63. The normalized spacial score (nSPS) is 30.1. The zero-order chi connectivity index (χ0) is 12.4. The van der Waals surface area contributed by atoms with Gasteiger partial charge < -0.3 is 4.74 Å². The van der Waals surface area contributed by atoms with Crippen LogP contribution in [0.15, 0.2) is 30.3 Å². The summed E-state index contributed by atoms with van der Waals surface area (Å²) in [5.41, 5.74) is 1.04. The molecule has 0 spiro atoms. The second-order valence-electron chi connectivity index (χ2n) is 4.95. The molecule has 3 aliphatic rings. The minimum absolute atomic E-state index is 0.0591. The van der Waals surface area contributed by atoms with E-state index < -0.39 is 0 Å². The van der Waals surface area contributed by atoms with E-state index >= 15 is 0 Å². The highest BCUT2D eigenvalue weighted by atomic mass is 16.5. The Bertz CT molecular complexity index is 413. The van der Waals surface area contributed by atoms with Crippen LogP contribution in [0, 0.1) is 0 Å². The Morgan fingerprint density at radius 2 is 1.89 bits per heavy atom. The van der Waals surface area contributed by atoms with Crippen molar-refractivity contribution in [2.45, 2.75) is 12.6 Å². The molecular formula is C14H18N2O2. The molecule has 1 atom stereocenters. The molecule has 3 heterocycles. The van der Waals surface area contributed by atoms with Gasteiger partial charge in [0.1, 0.15) is 12.6 Å². The zero-order valence-corrected chi connectivity index (χ0v) is 10.4. The highest BCUT2D eigenvalue weighted by Gasteiger charge is 2.37. The standard InChI is InChI=1S/C14H18N2O2/c17-14(18-11-12-4-2-1-3-5-12)13-10-15-6-8-16(13)9-7-15/h1-5,13H,6-11H2. The Kier molecular flexibility index (Phi) is 3.30. The highest BCUT2D eigenvalue weighted by Crippen LogP contribution is 2.17. The number of fused-ring (bicyclic) bond motifs is 3. The molecule has 0 amide bonds. The molecule has 1 unspecified atom stereocenters. The molecule has 4 rings (SSSR count). The van der Waals surface area contributed by atoms with Gasteiger partial charge in [-0.15, -0.1) is 0 Å². The van der Waals surface area contributed by atoms with Crippen LogP contribution in [0.3, 0.4) is 0 Å². The molecule has 0 aliphatic carbocycles. The van der Waals surface area contributed by atoms with E-state index in [1.165, 1.54) is 0 Å². The Morgan fingerprint density at radius 1 is 1.17 bits per heavy atom. The summed E-state index contributed by atoms with van der Waals surface area (Å²) < 4.78 is 5.41. The first-order chi connectivity index (χ1) is 8.83. The topological polar surface area (TPSA) is 32.8 Å². The van der Waals surface area contributed by atoms with Crippen molar-refractivity contribution in [1.29, 1.82) is 0 Å². The van der Waals surface area contributed by atoms with E-state index in [-0.39, 0.29) is 12.0 Å². The minimum atomic E-state index is -0.0803. The Morgan fingerprint density at radius 3 is 2.50 bits per heavy atom. The summed E-state index contributed by atoms with van der Waals surface area (Å²) >= 11 is 0. The van der Waals surface area contributed by atoms with Gasteiger partial charge >= 0.3 is 5.97 Å². The first kappa shape index (κ1) is 11.7. The largest absolute Gasteiger partial charge is 0.460 e. The third kappa shape index (κ3) is 2.40. The number of hydrogen-bond donors (Lipinski definition) is 0. The maximum atomic E-state index is 12.1. The van der Waals surface area contributed by atoms with Crippen molar-refractivity contribution >= 4 is 5.97 Å². The Balaban J connectivity index is 1.56. The molecule has 1 aromatic rings. The SMILES string of the molecule is O=C(OCc1ccccc1)C1CN2CCN1CC2. The lowest BCUT2D eigenvalue weighted by Gasteiger charge is -2.46. The molecule has 4 nitrogen and oxygen atoms in total. The van der Waals surface area contributed by atoms with Crippen LogP contribution >= 0.6 is 0 Å². The lowest BCUT2D eigenvalue weighted by atomic mass is 10.1. The smallest absolute Gasteiger partial charge is 0.325 e. The van der Waals surface area contributed by atoms with E-state index in [1.54, 1.807) is 0 Å². The number of benzene rings is 1. The van der Waals surface area contributed by atoms with Crippen molar-refractivity contribution in [3.8, 4) is 0 Å². The maximum Gasteiger partial charge on any atom is 0.325 e. The quantitative estimate of drug-likeness (QED) is 0.736. The van der Waals surface area contributed by atoms with Crippen LogP contribution < -0.4 is 0 Å². The second kappa shape index (κ2) is 5.08. The van der Waals surface area contributed by atoms with Crippen LogP contribution in [0.5, 0.6) is 0 Å². The molecule has 4 heteroatoms. The number of carbonyl (C=O) groups is 1. The number of ether oxygens (including phenoxy) is 1. The molecule has 96 valence electrons. The fourth-order valence-electron chi connectivity index (χ4n) is 2.67. The van der Waals surface area contributed by atoms with Crippen LogP contribution in [0.2, 0.25) is 0 Å². The van der Waals surface area contributed by atoms with Gasteiger partial charge in [0.2, 0.25) is 0 Å². The predicted octanol–water partition coefficient (Wildman–Crippen LogP) is 0.730. The Labute approximate surface area is 107 Å². The molecule has 0 N–H and O–H groups in total. The third-order valence-electron chi connectivity index (χ3n) is 3.77. The highest BCUT2D eigenvalue weighted by molar-refractivity contribution is 5.76. The van der Waals surface area contributed by atoms with E-state index in [9.17, 15) is 4.79 Å². The number of esters is 1. The van der Waals surface area contributed by atoms with Crippen LogP contribution in [-0.2, 0) is 16.1 Å². The second-order valence-corrected chi connectivity index (χ2v) is 4.95. The first-order valence-corrected chi connectivity index (χ1v) is 6.50. The fraction of sp³-hybridized carbons (Fsp3) is 0.500. The lowest BCUT2D eigenvalue weighted by molar-refractivity contribution is -0.156. The molecule has 0 aromatic heterocycles. The van der Waals surface area contributed by atoms with E-state index in [0.717, 1.165) is 38.3 Å². The molecule has 0 saturated carbocycles. The van der Waals surface area contributed by atoms with Crippen molar-refractivity contribution in [3.05, 3.63) is 35.9 Å². The van der Waals surface area contributed by atoms with Crippen molar-refractivity contribution < 1.29 is 9.53 Å². The number of rotatable bonds is 3. The molecular weight excluding hydrogens is 228 g/mol. The molecule has 18 heavy (non-hydrogen) atoms. The zero-order valence-electron chi connectivity index (χ0n) is 10.4. The van der Waals surface area contributed by atoms with Gasteiger partial charge in [-0.05, 0) is 5.56 Å². The van der Waals surface area contributed by atoms with Crippen molar-refractivity contribution in [2.75, 3.05) is 32.7 Å². The third-order valence-corrected chi connectivity index (χ3v) is 3.77. The van der Waals surface area contributed by atoms with Gasteiger partial charge in [-0.1, -0.05) is 30.3 Å². The molecule has 0 radical (unpaired) electrons. The summed E-state index contributed by atoms with van der Waals surface area (Å²) in [4.78, 5) is 16.7. The summed E-state index contributed by atoms with van der Waals surface area (Å²) in [6, 6.07) is 9.77. The summed E-state index contributed by atoms with van der Waals surface area (Å²) in [6.07, 6.45) is 0. The van der Waals surface area contributed by atoms with Gasteiger partial charge in [0.15, 0.2) is 0 Å². The minimum Gasteiger partial charge on any atom is -0.460 e. The molecule has 2 bridgehead atoms. The Hall–Kier alpha value is -1.39. The van der Waals surface area contributed by atoms with Gasteiger partial charge in [-0.3, -0.25) is 14.6 Å². The van der Waals surface area contributed by atoms with Crippen LogP contribution in [0.25, 0.3) is 0 Å². The molecule has 3 fully saturated rings. The summed E-state index contributed by atoms with van der Waals surface area (Å²) in [6.45, 7) is 5.36. The average molecular weight is 246 g/mol. The number of carbonyl (C=O) groups excluding carboxylic acids is 1. The van der Waals surface area contributed by atoms with Crippen LogP contribution in [0.1, 0.15) is 5.56 Å². The number of nitrogens with zero attached hydrogens (tertiary/aromatic N) is 2. The average Bonchev–Trinajstić information content (AvgIpc) is 2.47. The van der Waals surface area contributed by atoms with Gasteiger partial charge in [0, 0.05) is 32.7 Å². The molecule has 3 aliphatic heterocycles. The van der Waals surface area contributed by atoms with Gasteiger partial charge in [0.05, 0.1) is 0 Å². The molecule has 1 aromatic carbocycles. The molecule has 3 saturated heterocycles.